The summed E-state index contributed by atoms with van der Waals surface area (Å²) in [6, 6.07) is 8.63. The Balaban J connectivity index is 1.85. The Labute approximate surface area is 101 Å². The number of benzene rings is 1. The lowest BCUT2D eigenvalue weighted by Gasteiger charge is -2.26. The molecule has 0 aliphatic carbocycles. The van der Waals surface area contributed by atoms with Crippen molar-refractivity contribution in [2.75, 3.05) is 11.9 Å². The fourth-order valence-electron chi connectivity index (χ4n) is 2.62. The Morgan fingerprint density at radius 2 is 2.29 bits per heavy atom. The number of nitrogens with one attached hydrogen (secondary N) is 1. The summed E-state index contributed by atoms with van der Waals surface area (Å²) in [5.41, 5.74) is 4.07. The highest BCUT2D eigenvalue weighted by molar-refractivity contribution is 5.54. The van der Waals surface area contributed by atoms with Gasteiger partial charge in [0.15, 0.2) is 0 Å². The average Bonchev–Trinajstić information content (AvgIpc) is 2.75. The fraction of sp³-hybridized carbons (Fsp3) is 0.357. The summed E-state index contributed by atoms with van der Waals surface area (Å²) in [4.78, 5) is 0. The molecule has 2 aromatic rings. The molecule has 1 aromatic heterocycles. The van der Waals surface area contributed by atoms with E-state index in [4.69, 9.17) is 0 Å². The zero-order valence-electron chi connectivity index (χ0n) is 10.1. The fourth-order valence-corrected chi connectivity index (χ4v) is 2.62. The summed E-state index contributed by atoms with van der Waals surface area (Å²) in [6.07, 6.45) is 6.38. The number of anilines is 1. The van der Waals surface area contributed by atoms with Crippen LogP contribution in [0.1, 0.15) is 23.5 Å². The number of rotatable bonds is 2. The predicted octanol–water partition coefficient (Wildman–Crippen LogP) is 2.56. The lowest BCUT2D eigenvalue weighted by atomic mass is 9.87. The molecule has 88 valence electrons. The highest BCUT2D eigenvalue weighted by Gasteiger charge is 2.19. The second-order valence-corrected chi connectivity index (χ2v) is 4.73. The van der Waals surface area contributed by atoms with Gasteiger partial charge in [-0.1, -0.05) is 18.2 Å². The molecule has 1 atom stereocenters. The zero-order chi connectivity index (χ0) is 11.7. The Morgan fingerprint density at radius 3 is 3.12 bits per heavy atom. The molecular formula is C14H17N3. The molecule has 3 heteroatoms. The van der Waals surface area contributed by atoms with Crippen LogP contribution in [0.25, 0.3) is 0 Å². The first-order chi connectivity index (χ1) is 8.33. The lowest BCUT2D eigenvalue weighted by molar-refractivity contribution is 0.623. The van der Waals surface area contributed by atoms with Crippen LogP contribution in [-0.2, 0) is 13.5 Å². The van der Waals surface area contributed by atoms with Gasteiger partial charge in [0.2, 0.25) is 0 Å². The molecule has 3 nitrogen and oxygen atoms in total. The third-order valence-corrected chi connectivity index (χ3v) is 3.45. The van der Waals surface area contributed by atoms with Crippen molar-refractivity contribution in [2.45, 2.75) is 18.8 Å². The summed E-state index contributed by atoms with van der Waals surface area (Å²) < 4.78 is 1.88. The van der Waals surface area contributed by atoms with Crippen molar-refractivity contribution in [3.8, 4) is 0 Å². The van der Waals surface area contributed by atoms with Crippen molar-refractivity contribution in [1.29, 1.82) is 0 Å². The first-order valence-electron chi connectivity index (χ1n) is 6.13. The standard InChI is InChI=1S/C14H17N3/c1-17-10-11(9-16-17)8-12-6-7-15-14-5-3-2-4-13(12)14/h2-5,9-10,12,15H,6-8H2,1H3. The molecule has 1 aromatic carbocycles. The Bertz CT molecular complexity index is 516. The van der Waals surface area contributed by atoms with E-state index in [-0.39, 0.29) is 0 Å². The molecular weight excluding hydrogens is 210 g/mol. The minimum Gasteiger partial charge on any atom is -0.385 e. The highest BCUT2D eigenvalue weighted by atomic mass is 15.2. The molecule has 2 heterocycles. The molecule has 3 rings (SSSR count). The zero-order valence-corrected chi connectivity index (χ0v) is 10.1. The molecule has 0 radical (unpaired) electrons. The molecule has 0 fully saturated rings. The van der Waals surface area contributed by atoms with Crippen LogP contribution in [0, 0.1) is 0 Å². The van der Waals surface area contributed by atoms with E-state index in [0.717, 1.165) is 13.0 Å². The monoisotopic (exact) mass is 227 g/mol. The minimum absolute atomic E-state index is 0.622. The summed E-state index contributed by atoms with van der Waals surface area (Å²) in [5.74, 6) is 0.622. The topological polar surface area (TPSA) is 29.9 Å². The van der Waals surface area contributed by atoms with Crippen molar-refractivity contribution in [3.05, 3.63) is 47.8 Å². The first kappa shape index (κ1) is 10.4. The van der Waals surface area contributed by atoms with Gasteiger partial charge in [-0.15, -0.1) is 0 Å². The molecule has 17 heavy (non-hydrogen) atoms. The maximum absolute atomic E-state index is 4.24. The Kier molecular flexibility index (Phi) is 2.59. The van der Waals surface area contributed by atoms with Crippen molar-refractivity contribution < 1.29 is 0 Å². The molecule has 0 saturated heterocycles. The third-order valence-electron chi connectivity index (χ3n) is 3.45. The van der Waals surface area contributed by atoms with Crippen LogP contribution in [-0.4, -0.2) is 16.3 Å². The second-order valence-electron chi connectivity index (χ2n) is 4.73. The van der Waals surface area contributed by atoms with Gasteiger partial charge in [-0.25, -0.2) is 0 Å². The summed E-state index contributed by atoms with van der Waals surface area (Å²) >= 11 is 0. The average molecular weight is 227 g/mol. The largest absolute Gasteiger partial charge is 0.385 e. The maximum atomic E-state index is 4.24. The number of para-hydroxylation sites is 1. The number of hydrogen-bond acceptors (Lipinski definition) is 2. The van der Waals surface area contributed by atoms with Crippen molar-refractivity contribution >= 4 is 5.69 Å². The predicted molar refractivity (Wildman–Crippen MR) is 69.2 cm³/mol. The van der Waals surface area contributed by atoms with Gasteiger partial charge in [-0.3, -0.25) is 4.68 Å². The van der Waals surface area contributed by atoms with Crippen molar-refractivity contribution in [2.24, 2.45) is 7.05 Å². The van der Waals surface area contributed by atoms with E-state index in [0.29, 0.717) is 5.92 Å². The molecule has 1 aliphatic rings. The maximum Gasteiger partial charge on any atom is 0.0521 e. The van der Waals surface area contributed by atoms with Crippen LogP contribution in [0.5, 0.6) is 0 Å². The van der Waals surface area contributed by atoms with E-state index in [1.165, 1.54) is 23.2 Å². The van der Waals surface area contributed by atoms with Crippen LogP contribution in [0.15, 0.2) is 36.7 Å². The van der Waals surface area contributed by atoms with Gasteiger partial charge in [-0.05, 0) is 36.0 Å². The highest BCUT2D eigenvalue weighted by Crippen LogP contribution is 2.33. The number of hydrogen-bond donors (Lipinski definition) is 1. The number of nitrogens with zero attached hydrogens (tertiary/aromatic N) is 2. The van der Waals surface area contributed by atoms with Gasteiger partial charge in [0.1, 0.15) is 0 Å². The molecule has 1 aliphatic heterocycles. The Hall–Kier alpha value is -1.77. The van der Waals surface area contributed by atoms with Crippen LogP contribution in [0.4, 0.5) is 5.69 Å². The normalized spacial score (nSPS) is 18.5. The minimum atomic E-state index is 0.622. The van der Waals surface area contributed by atoms with Gasteiger partial charge < -0.3 is 5.32 Å². The van der Waals surface area contributed by atoms with Gasteiger partial charge in [0, 0.05) is 25.5 Å². The third kappa shape index (κ3) is 2.05. The van der Waals surface area contributed by atoms with Crippen LogP contribution in [0.3, 0.4) is 0 Å². The second kappa shape index (κ2) is 4.24. The summed E-state index contributed by atoms with van der Waals surface area (Å²) in [5, 5.41) is 7.70. The Morgan fingerprint density at radius 1 is 1.41 bits per heavy atom. The molecule has 0 amide bonds. The first-order valence-corrected chi connectivity index (χ1v) is 6.13. The van der Waals surface area contributed by atoms with Crippen LogP contribution < -0.4 is 5.32 Å². The number of aryl methyl sites for hydroxylation is 1. The molecule has 0 spiro atoms. The summed E-state index contributed by atoms with van der Waals surface area (Å²) in [7, 11) is 1.97. The lowest BCUT2D eigenvalue weighted by Crippen LogP contribution is -2.18. The summed E-state index contributed by atoms with van der Waals surface area (Å²) in [6.45, 7) is 1.07. The van der Waals surface area contributed by atoms with E-state index in [9.17, 15) is 0 Å². The van der Waals surface area contributed by atoms with Gasteiger partial charge in [-0.2, -0.15) is 5.10 Å². The van der Waals surface area contributed by atoms with E-state index in [1.807, 2.05) is 17.9 Å². The number of fused-ring (bicyclic) bond motifs is 1. The van der Waals surface area contributed by atoms with E-state index in [2.05, 4.69) is 40.9 Å². The van der Waals surface area contributed by atoms with E-state index in [1.54, 1.807) is 0 Å². The smallest absolute Gasteiger partial charge is 0.0521 e. The SMILES string of the molecule is Cn1cc(CC2CCNc3ccccc32)cn1. The molecule has 0 bridgehead atoms. The van der Waals surface area contributed by atoms with Gasteiger partial charge >= 0.3 is 0 Å². The van der Waals surface area contributed by atoms with E-state index < -0.39 is 0 Å². The van der Waals surface area contributed by atoms with Crippen LogP contribution >= 0.6 is 0 Å². The van der Waals surface area contributed by atoms with Crippen molar-refractivity contribution in [3.63, 3.8) is 0 Å². The quantitative estimate of drug-likeness (QED) is 0.854. The van der Waals surface area contributed by atoms with Gasteiger partial charge in [0.25, 0.3) is 0 Å². The molecule has 1 unspecified atom stereocenters. The molecule has 1 N–H and O–H groups in total. The van der Waals surface area contributed by atoms with Gasteiger partial charge in [0.05, 0.1) is 6.20 Å². The molecule has 0 saturated carbocycles. The van der Waals surface area contributed by atoms with E-state index >= 15 is 0 Å². The van der Waals surface area contributed by atoms with Crippen LogP contribution in [0.2, 0.25) is 0 Å². The van der Waals surface area contributed by atoms with Crippen molar-refractivity contribution in [1.82, 2.24) is 9.78 Å². The number of aromatic nitrogens is 2.